The van der Waals surface area contributed by atoms with Crippen LogP contribution in [0.1, 0.15) is 22.5 Å². The zero-order valence-corrected chi connectivity index (χ0v) is 33.6. The molecule has 284 valence electrons. The molecule has 0 fully saturated rings. The highest BCUT2D eigenvalue weighted by atomic mass is 79.9. The lowest BCUT2D eigenvalue weighted by atomic mass is 10.2. The summed E-state index contributed by atoms with van der Waals surface area (Å²) >= 11 is 6.56. The molecule has 2 amide bonds. The van der Waals surface area contributed by atoms with Crippen LogP contribution in [0.2, 0.25) is 0 Å². The average Bonchev–Trinajstić information content (AvgIpc) is 3.95. The zero-order valence-electron chi connectivity index (χ0n) is 30.4. The molecule has 0 saturated heterocycles. The van der Waals surface area contributed by atoms with Crippen LogP contribution in [0.4, 0.5) is 9.59 Å². The van der Waals surface area contributed by atoms with Gasteiger partial charge in [0.1, 0.15) is 27.9 Å². The van der Waals surface area contributed by atoms with Crippen molar-refractivity contribution in [3.8, 4) is 11.3 Å². The fraction of sp³-hybridized carbons (Fsp3) is 0.237. The van der Waals surface area contributed by atoms with Gasteiger partial charge in [-0.3, -0.25) is 13.5 Å². The Labute approximate surface area is 334 Å². The lowest BCUT2D eigenvalue weighted by Gasteiger charge is -2.09. The van der Waals surface area contributed by atoms with Crippen molar-refractivity contribution < 1.29 is 19.1 Å². The minimum Gasteiger partial charge on any atom is -0.445 e. The normalized spacial score (nSPS) is 10.9. The summed E-state index contributed by atoms with van der Waals surface area (Å²) in [5, 5.41) is 11.5. The first-order valence-corrected chi connectivity index (χ1v) is 20.4. The molecule has 2 N–H and O–H groups in total. The molecule has 14 nitrogen and oxygen atoms in total. The number of carbonyl (C=O) groups excluding carboxylic acids is 2. The number of hydrogen-bond acceptors (Lipinski definition) is 11. The summed E-state index contributed by atoms with van der Waals surface area (Å²) in [6.07, 6.45) is 15.5. The molecule has 7 rings (SSSR count). The van der Waals surface area contributed by atoms with Crippen LogP contribution in [0.15, 0.2) is 112 Å². The van der Waals surface area contributed by atoms with Crippen molar-refractivity contribution in [1.29, 1.82) is 0 Å². The second kappa shape index (κ2) is 19.3. The van der Waals surface area contributed by atoms with E-state index in [0.29, 0.717) is 25.9 Å². The van der Waals surface area contributed by atoms with Gasteiger partial charge in [0.15, 0.2) is 11.3 Å². The molecule has 0 radical (unpaired) electrons. The highest BCUT2D eigenvalue weighted by Crippen LogP contribution is 2.26. The molecule has 0 unspecified atom stereocenters. The van der Waals surface area contributed by atoms with Crippen molar-refractivity contribution in [1.82, 2.24) is 49.2 Å². The number of rotatable bonds is 13. The van der Waals surface area contributed by atoms with E-state index >= 15 is 0 Å². The maximum Gasteiger partial charge on any atom is 0.407 e. The van der Waals surface area contributed by atoms with Crippen LogP contribution in [-0.4, -0.2) is 76.3 Å². The molecule has 5 aromatic heterocycles. The summed E-state index contributed by atoms with van der Waals surface area (Å²) in [5.41, 5.74) is 7.20. The second-order valence-electron chi connectivity index (χ2n) is 12.0. The van der Waals surface area contributed by atoms with Crippen LogP contribution in [0, 0.1) is 0 Å². The van der Waals surface area contributed by atoms with Crippen LogP contribution in [-0.2, 0) is 42.6 Å². The second-order valence-corrected chi connectivity index (χ2v) is 14.4. The van der Waals surface area contributed by atoms with Crippen LogP contribution in [0.25, 0.3) is 22.6 Å². The van der Waals surface area contributed by atoms with E-state index in [1.807, 2.05) is 120 Å². The van der Waals surface area contributed by atoms with Gasteiger partial charge in [0.2, 0.25) is 0 Å². The molecule has 5 heterocycles. The molecule has 0 aliphatic heterocycles. The Hall–Kier alpha value is -5.39. The lowest BCUT2D eigenvalue weighted by molar-refractivity contribution is 0.139. The van der Waals surface area contributed by atoms with Gasteiger partial charge in [-0.1, -0.05) is 60.7 Å². The van der Waals surface area contributed by atoms with Gasteiger partial charge in [-0.15, -0.1) is 23.5 Å². The third-order valence-electron chi connectivity index (χ3n) is 8.09. The average molecular weight is 844 g/mol. The van der Waals surface area contributed by atoms with Gasteiger partial charge >= 0.3 is 12.2 Å². The Balaban J connectivity index is 0.000000190. The molecule has 0 aliphatic carbocycles. The number of nitrogens with zero attached hydrogens (tertiary/aromatic N) is 8. The Kier molecular flexibility index (Phi) is 13.8. The van der Waals surface area contributed by atoms with E-state index in [-0.39, 0.29) is 13.2 Å². The predicted octanol–water partition coefficient (Wildman–Crippen LogP) is 7.00. The first-order valence-electron chi connectivity index (χ1n) is 17.2. The molecule has 55 heavy (non-hydrogen) atoms. The number of thioether (sulfide) groups is 2. The van der Waals surface area contributed by atoms with Gasteiger partial charge in [-0.05, 0) is 39.6 Å². The summed E-state index contributed by atoms with van der Waals surface area (Å²) in [5.74, 6) is 0. The van der Waals surface area contributed by atoms with E-state index in [2.05, 4.69) is 51.6 Å². The molecular formula is C38H39BrN10O4S2. The molecule has 7 aromatic rings. The molecule has 0 aliphatic rings. The van der Waals surface area contributed by atoms with E-state index < -0.39 is 12.2 Å². The third-order valence-corrected chi connectivity index (χ3v) is 10.00. The van der Waals surface area contributed by atoms with E-state index in [1.165, 1.54) is 0 Å². The van der Waals surface area contributed by atoms with E-state index in [9.17, 15) is 9.59 Å². The van der Waals surface area contributed by atoms with Gasteiger partial charge in [0, 0.05) is 57.1 Å². The summed E-state index contributed by atoms with van der Waals surface area (Å²) in [6, 6.07) is 19.2. The van der Waals surface area contributed by atoms with E-state index in [0.717, 1.165) is 59.7 Å². The minimum atomic E-state index is -0.441. The molecule has 0 saturated carbocycles. The van der Waals surface area contributed by atoms with Crippen molar-refractivity contribution in [2.45, 2.75) is 36.1 Å². The fourth-order valence-electron chi connectivity index (χ4n) is 5.40. The van der Waals surface area contributed by atoms with E-state index in [1.54, 1.807) is 34.4 Å². The first kappa shape index (κ1) is 39.3. The lowest BCUT2D eigenvalue weighted by Crippen LogP contribution is -2.26. The minimum absolute atomic E-state index is 0.247. The Morgan fingerprint density at radius 2 is 1.22 bits per heavy atom. The van der Waals surface area contributed by atoms with Crippen LogP contribution in [0.5, 0.6) is 0 Å². The molecule has 0 spiro atoms. The van der Waals surface area contributed by atoms with Crippen LogP contribution < -0.4 is 10.6 Å². The number of alkyl carbamates (subject to hydrolysis) is 2. The Morgan fingerprint density at radius 1 is 0.709 bits per heavy atom. The van der Waals surface area contributed by atoms with Crippen LogP contribution in [0.3, 0.4) is 0 Å². The van der Waals surface area contributed by atoms with Gasteiger partial charge in [-0.25, -0.2) is 29.5 Å². The van der Waals surface area contributed by atoms with Gasteiger partial charge in [-0.2, -0.15) is 5.10 Å². The number of hydrogen-bond donors (Lipinski definition) is 2. The predicted molar refractivity (Wildman–Crippen MR) is 216 cm³/mol. The van der Waals surface area contributed by atoms with Crippen molar-refractivity contribution in [3.05, 3.63) is 125 Å². The SMILES string of the molecule is CSc1nc(CCNC(=O)OCc2ccccc2)cn2c(-c3cnn(C)c3)cnc12.CSc1nc(CCNC(=O)OCc2ccccc2)cn2c(Br)cnc12. The molecule has 0 bridgehead atoms. The monoisotopic (exact) mass is 842 g/mol. The fourth-order valence-corrected chi connectivity index (χ4v) is 6.86. The van der Waals surface area contributed by atoms with Gasteiger partial charge in [0.05, 0.1) is 35.7 Å². The molecular weight excluding hydrogens is 805 g/mol. The number of fused-ring (bicyclic) bond motifs is 2. The number of aromatic nitrogens is 8. The quantitative estimate of drug-likeness (QED) is 0.115. The number of aryl methyl sites for hydroxylation is 1. The summed E-state index contributed by atoms with van der Waals surface area (Å²) < 4.78 is 17.0. The maximum atomic E-state index is 12.0. The van der Waals surface area contributed by atoms with Crippen LogP contribution >= 0.6 is 39.5 Å². The number of benzene rings is 2. The number of halogens is 1. The van der Waals surface area contributed by atoms with Crippen molar-refractivity contribution in [2.24, 2.45) is 7.05 Å². The topological polar surface area (TPSA) is 155 Å². The summed E-state index contributed by atoms with van der Waals surface area (Å²) in [4.78, 5) is 41.9. The van der Waals surface area contributed by atoms with Crippen molar-refractivity contribution in [2.75, 3.05) is 25.6 Å². The highest BCUT2D eigenvalue weighted by molar-refractivity contribution is 9.10. The summed E-state index contributed by atoms with van der Waals surface area (Å²) in [7, 11) is 1.88. The number of carbonyl (C=O) groups is 2. The maximum absolute atomic E-state index is 12.0. The Bertz CT molecular complexity index is 2350. The van der Waals surface area contributed by atoms with E-state index in [4.69, 9.17) is 9.47 Å². The molecule has 0 atom stereocenters. The standard InChI is InChI=1S/C21H22N6O2S.C17H17BrN4O2S/c1-26-12-16(10-24-26)18-11-23-19-20(30-2)25-17(13-27(18)19)8-9-22-21(28)29-14-15-6-4-3-5-7-15;1-25-16-15-20-9-14(18)22(15)10-13(21-16)7-8-19-17(23)24-11-12-5-3-2-4-6-12/h3-7,10-13H,8-9,14H2,1-2H3,(H,22,28);2-6,9-10H,7-8,11H2,1H3,(H,19,23). The van der Waals surface area contributed by atoms with Crippen molar-refractivity contribution in [3.63, 3.8) is 0 Å². The summed E-state index contributed by atoms with van der Waals surface area (Å²) in [6.45, 7) is 1.38. The smallest absolute Gasteiger partial charge is 0.407 e. The number of imidazole rings is 2. The zero-order chi connectivity index (χ0) is 38.6. The number of ether oxygens (including phenoxy) is 2. The highest BCUT2D eigenvalue weighted by Gasteiger charge is 2.14. The number of amides is 2. The molecule has 2 aromatic carbocycles. The van der Waals surface area contributed by atoms with Gasteiger partial charge in [0.25, 0.3) is 0 Å². The molecule has 17 heteroatoms. The van der Waals surface area contributed by atoms with Crippen molar-refractivity contribution >= 4 is 62.9 Å². The van der Waals surface area contributed by atoms with Gasteiger partial charge < -0.3 is 20.1 Å². The third kappa shape index (κ3) is 10.6. The number of nitrogens with one attached hydrogen (secondary N) is 2. The largest absolute Gasteiger partial charge is 0.445 e. The Morgan fingerprint density at radius 3 is 1.73 bits per heavy atom. The first-order chi connectivity index (χ1) is 26.8.